The largest absolute Gasteiger partial charge is 0.478 e. The predicted octanol–water partition coefficient (Wildman–Crippen LogP) is 2.52. The number of hydrogen-bond acceptors (Lipinski definition) is 2. The Kier molecular flexibility index (Phi) is 5.82. The summed E-state index contributed by atoms with van der Waals surface area (Å²) >= 11 is 0. The van der Waals surface area contributed by atoms with Gasteiger partial charge in [-0.1, -0.05) is 48.6 Å². The van der Waals surface area contributed by atoms with Crippen LogP contribution in [0.1, 0.15) is 11.1 Å². The molecule has 0 saturated heterocycles. The summed E-state index contributed by atoms with van der Waals surface area (Å²) in [6.07, 6.45) is 10.7. The molecular weight excluding hydrogens is 244 g/mol. The predicted molar refractivity (Wildman–Crippen MR) is 72.7 cm³/mol. The van der Waals surface area contributed by atoms with Gasteiger partial charge in [0.15, 0.2) is 0 Å². The molecule has 0 heterocycles. The van der Waals surface area contributed by atoms with E-state index in [0.29, 0.717) is 12.2 Å². The molecule has 1 aromatic rings. The summed E-state index contributed by atoms with van der Waals surface area (Å²) in [6, 6.07) is 8.49. The van der Waals surface area contributed by atoms with Gasteiger partial charge in [-0.25, -0.2) is 9.59 Å². The molecule has 0 atom stereocenters. The van der Waals surface area contributed by atoms with Crippen molar-refractivity contribution < 1.29 is 19.8 Å². The normalized spacial score (nSPS) is 12.2. The Morgan fingerprint density at radius 1 is 1.00 bits per heavy atom. The highest BCUT2D eigenvalue weighted by atomic mass is 16.4. The highest BCUT2D eigenvalue weighted by Gasteiger charge is 1.96. The van der Waals surface area contributed by atoms with E-state index in [-0.39, 0.29) is 0 Å². The molecule has 2 rings (SSSR count). The van der Waals surface area contributed by atoms with Crippen LogP contribution in [0.4, 0.5) is 0 Å². The zero-order chi connectivity index (χ0) is 14.1. The quantitative estimate of drug-likeness (QED) is 0.799. The van der Waals surface area contributed by atoms with Crippen molar-refractivity contribution >= 4 is 18.0 Å². The summed E-state index contributed by atoms with van der Waals surface area (Å²) < 4.78 is 0. The van der Waals surface area contributed by atoms with Gasteiger partial charge < -0.3 is 10.2 Å². The lowest BCUT2D eigenvalue weighted by Gasteiger charge is -1.99. The maximum absolute atomic E-state index is 9.55. The molecule has 0 amide bonds. The van der Waals surface area contributed by atoms with Crippen LogP contribution in [0.15, 0.2) is 54.6 Å². The Morgan fingerprint density at radius 2 is 1.63 bits per heavy atom. The number of fused-ring (bicyclic) bond motifs is 1. The molecule has 98 valence electrons. The van der Waals surface area contributed by atoms with Gasteiger partial charge in [-0.2, -0.15) is 0 Å². The van der Waals surface area contributed by atoms with E-state index < -0.39 is 11.9 Å². The van der Waals surface area contributed by atoms with Crippen LogP contribution in [0.5, 0.6) is 0 Å². The van der Waals surface area contributed by atoms with Crippen LogP contribution in [0, 0.1) is 0 Å². The van der Waals surface area contributed by atoms with Crippen LogP contribution in [-0.4, -0.2) is 22.2 Å². The molecule has 0 aromatic heterocycles. The third-order valence-corrected chi connectivity index (χ3v) is 2.28. The lowest BCUT2D eigenvalue weighted by atomic mass is 10.1. The lowest BCUT2D eigenvalue weighted by molar-refractivity contribution is -0.134. The van der Waals surface area contributed by atoms with Gasteiger partial charge >= 0.3 is 11.9 Å². The SMILES string of the molecule is C1=CCc2ccccc2C=C1.O=C(O)/C=C/C(=O)O. The first-order chi connectivity index (χ1) is 9.09. The highest BCUT2D eigenvalue weighted by molar-refractivity contribution is 5.89. The van der Waals surface area contributed by atoms with Crippen LogP contribution >= 0.6 is 0 Å². The number of benzene rings is 1. The molecule has 4 heteroatoms. The van der Waals surface area contributed by atoms with Crippen LogP contribution in [0.2, 0.25) is 0 Å². The molecule has 0 radical (unpaired) electrons. The molecule has 1 aliphatic rings. The van der Waals surface area contributed by atoms with E-state index >= 15 is 0 Å². The monoisotopic (exact) mass is 258 g/mol. The summed E-state index contributed by atoms with van der Waals surface area (Å²) in [5, 5.41) is 15.6. The van der Waals surface area contributed by atoms with Gasteiger partial charge in [-0.05, 0) is 17.5 Å². The smallest absolute Gasteiger partial charge is 0.328 e. The van der Waals surface area contributed by atoms with E-state index in [1.807, 2.05) is 0 Å². The Bertz CT molecular complexity index is 523. The van der Waals surface area contributed by atoms with Crippen molar-refractivity contribution in [2.45, 2.75) is 6.42 Å². The number of allylic oxidation sites excluding steroid dienone is 3. The van der Waals surface area contributed by atoms with Crippen LogP contribution in [0.3, 0.4) is 0 Å². The summed E-state index contributed by atoms with van der Waals surface area (Å²) in [5.41, 5.74) is 2.76. The fraction of sp³-hybridized carbons (Fsp3) is 0.0667. The average Bonchev–Trinajstić information content (AvgIpc) is 2.62. The molecule has 0 bridgehead atoms. The molecule has 0 spiro atoms. The van der Waals surface area contributed by atoms with Gasteiger partial charge in [0.1, 0.15) is 0 Å². The van der Waals surface area contributed by atoms with Gasteiger partial charge in [-0.15, -0.1) is 0 Å². The molecule has 19 heavy (non-hydrogen) atoms. The standard InChI is InChI=1S/C11H10.C4H4O4/c1-2-6-10-8-4-5-9-11(10)7-3-1;5-3(6)1-2-4(7)8/h1-6,8-9H,7H2;1-2H,(H,5,6)(H,7,8)/b;2-1+. The molecule has 0 aliphatic heterocycles. The zero-order valence-electron chi connectivity index (χ0n) is 10.2. The van der Waals surface area contributed by atoms with E-state index in [0.717, 1.165) is 6.42 Å². The first kappa shape index (κ1) is 14.4. The second kappa shape index (κ2) is 7.66. The second-order valence-corrected chi connectivity index (χ2v) is 3.70. The number of carboxylic acids is 2. The summed E-state index contributed by atoms with van der Waals surface area (Å²) in [5.74, 6) is -2.51. The third-order valence-electron chi connectivity index (χ3n) is 2.28. The molecule has 2 N–H and O–H groups in total. The Labute approximate surface area is 111 Å². The second-order valence-electron chi connectivity index (χ2n) is 3.70. The zero-order valence-corrected chi connectivity index (χ0v) is 10.2. The summed E-state index contributed by atoms with van der Waals surface area (Å²) in [6.45, 7) is 0. The number of hydrogen-bond donors (Lipinski definition) is 2. The van der Waals surface area contributed by atoms with Crippen LogP contribution in [-0.2, 0) is 16.0 Å². The maximum Gasteiger partial charge on any atom is 0.328 e. The van der Waals surface area contributed by atoms with E-state index in [2.05, 4.69) is 48.6 Å². The molecule has 1 aliphatic carbocycles. The van der Waals surface area contributed by atoms with Crippen molar-refractivity contribution in [2.24, 2.45) is 0 Å². The number of aliphatic carboxylic acids is 2. The minimum atomic E-state index is -1.26. The fourth-order valence-electron chi connectivity index (χ4n) is 1.46. The Hall–Kier alpha value is -2.62. The fourth-order valence-corrected chi connectivity index (χ4v) is 1.46. The van der Waals surface area contributed by atoms with Crippen molar-refractivity contribution in [1.29, 1.82) is 0 Å². The van der Waals surface area contributed by atoms with Gasteiger partial charge in [-0.3, -0.25) is 0 Å². The van der Waals surface area contributed by atoms with Crippen molar-refractivity contribution in [3.63, 3.8) is 0 Å². The number of carboxylic acid groups (broad SMARTS) is 2. The van der Waals surface area contributed by atoms with Crippen LogP contribution in [0.25, 0.3) is 6.08 Å². The van der Waals surface area contributed by atoms with E-state index in [9.17, 15) is 9.59 Å². The van der Waals surface area contributed by atoms with E-state index in [4.69, 9.17) is 10.2 Å². The van der Waals surface area contributed by atoms with Crippen molar-refractivity contribution in [3.8, 4) is 0 Å². The summed E-state index contributed by atoms with van der Waals surface area (Å²) in [4.78, 5) is 19.1. The molecule has 0 unspecified atom stereocenters. The average molecular weight is 258 g/mol. The molecule has 4 nitrogen and oxygen atoms in total. The maximum atomic E-state index is 9.55. The van der Waals surface area contributed by atoms with Gasteiger partial charge in [0.25, 0.3) is 0 Å². The molecule has 1 aromatic carbocycles. The molecular formula is C15H14O4. The number of carbonyl (C=O) groups is 2. The first-order valence-corrected chi connectivity index (χ1v) is 5.64. The number of rotatable bonds is 2. The van der Waals surface area contributed by atoms with E-state index in [1.54, 1.807) is 0 Å². The van der Waals surface area contributed by atoms with Crippen molar-refractivity contribution in [1.82, 2.24) is 0 Å². The highest BCUT2D eigenvalue weighted by Crippen LogP contribution is 2.14. The van der Waals surface area contributed by atoms with Crippen LogP contribution < -0.4 is 0 Å². The Morgan fingerprint density at radius 3 is 2.26 bits per heavy atom. The molecule has 0 fully saturated rings. The van der Waals surface area contributed by atoms with Gasteiger partial charge in [0.05, 0.1) is 0 Å². The minimum Gasteiger partial charge on any atom is -0.478 e. The van der Waals surface area contributed by atoms with Crippen molar-refractivity contribution in [2.75, 3.05) is 0 Å². The lowest BCUT2D eigenvalue weighted by Crippen LogP contribution is -1.91. The Balaban J connectivity index is 0.000000203. The molecule has 0 saturated carbocycles. The van der Waals surface area contributed by atoms with E-state index in [1.165, 1.54) is 11.1 Å². The summed E-state index contributed by atoms with van der Waals surface area (Å²) in [7, 11) is 0. The first-order valence-electron chi connectivity index (χ1n) is 5.64. The third kappa shape index (κ3) is 6.02. The van der Waals surface area contributed by atoms with Gasteiger partial charge in [0.2, 0.25) is 0 Å². The van der Waals surface area contributed by atoms with Crippen molar-refractivity contribution in [3.05, 3.63) is 65.8 Å². The minimum absolute atomic E-state index is 0.558. The van der Waals surface area contributed by atoms with Gasteiger partial charge in [0, 0.05) is 12.2 Å². The topological polar surface area (TPSA) is 74.6 Å².